The first-order valence-electron chi connectivity index (χ1n) is 6.22. The molecule has 1 rings (SSSR count). The summed E-state index contributed by atoms with van der Waals surface area (Å²) >= 11 is 1.69. The van der Waals surface area contributed by atoms with Crippen LogP contribution in [0.15, 0.2) is 0 Å². The minimum atomic E-state index is 0.138. The standard InChI is InChI=1S/C12H25NO3S/c1-5-16-10-6-9(12(10)15-3)13-8(2)11(7-14)17-4/h8-14H,5-7H2,1-4H3. The number of hydrogen-bond acceptors (Lipinski definition) is 5. The van der Waals surface area contributed by atoms with Gasteiger partial charge in [-0.3, -0.25) is 0 Å². The van der Waals surface area contributed by atoms with Crippen LogP contribution in [0.1, 0.15) is 20.3 Å². The summed E-state index contributed by atoms with van der Waals surface area (Å²) in [6.07, 6.45) is 3.37. The molecule has 1 aliphatic carbocycles. The number of thioether (sulfide) groups is 1. The van der Waals surface area contributed by atoms with Crippen LogP contribution in [0.3, 0.4) is 0 Å². The lowest BCUT2D eigenvalue weighted by Crippen LogP contribution is -2.62. The van der Waals surface area contributed by atoms with Crippen molar-refractivity contribution in [3.63, 3.8) is 0 Å². The van der Waals surface area contributed by atoms with Crippen LogP contribution in [0.2, 0.25) is 0 Å². The quantitative estimate of drug-likeness (QED) is 0.681. The van der Waals surface area contributed by atoms with Crippen LogP contribution in [0.25, 0.3) is 0 Å². The van der Waals surface area contributed by atoms with Gasteiger partial charge >= 0.3 is 0 Å². The van der Waals surface area contributed by atoms with E-state index in [1.54, 1.807) is 18.9 Å². The van der Waals surface area contributed by atoms with E-state index in [1.165, 1.54) is 0 Å². The van der Waals surface area contributed by atoms with E-state index in [4.69, 9.17) is 9.47 Å². The Bertz CT molecular complexity index is 214. The summed E-state index contributed by atoms with van der Waals surface area (Å²) < 4.78 is 11.0. The Morgan fingerprint density at radius 1 is 1.53 bits per heavy atom. The van der Waals surface area contributed by atoms with Gasteiger partial charge in [-0.1, -0.05) is 0 Å². The second-order valence-electron chi connectivity index (χ2n) is 4.45. The molecule has 0 amide bonds. The van der Waals surface area contributed by atoms with Gasteiger partial charge in [0, 0.05) is 31.1 Å². The first-order chi connectivity index (χ1) is 8.17. The van der Waals surface area contributed by atoms with Crippen molar-refractivity contribution in [1.29, 1.82) is 0 Å². The Labute approximate surface area is 108 Å². The second-order valence-corrected chi connectivity index (χ2v) is 5.53. The van der Waals surface area contributed by atoms with E-state index in [9.17, 15) is 5.11 Å². The van der Waals surface area contributed by atoms with Crippen molar-refractivity contribution in [3.8, 4) is 0 Å². The molecule has 0 aliphatic heterocycles. The Balaban J connectivity index is 2.37. The van der Waals surface area contributed by atoms with Crippen LogP contribution in [-0.4, -0.2) is 61.2 Å². The molecule has 4 nitrogen and oxygen atoms in total. The van der Waals surface area contributed by atoms with Crippen molar-refractivity contribution in [2.45, 2.75) is 49.8 Å². The van der Waals surface area contributed by atoms with E-state index in [0.717, 1.165) is 13.0 Å². The Morgan fingerprint density at radius 2 is 2.24 bits per heavy atom. The summed E-state index contributed by atoms with van der Waals surface area (Å²) in [6, 6.07) is 0.618. The van der Waals surface area contributed by atoms with Crippen molar-refractivity contribution in [3.05, 3.63) is 0 Å². The molecule has 1 fully saturated rings. The highest BCUT2D eigenvalue weighted by Gasteiger charge is 2.42. The molecule has 0 radical (unpaired) electrons. The molecule has 5 atom stereocenters. The Hall–Kier alpha value is 0.190. The molecule has 0 aromatic carbocycles. The van der Waals surface area contributed by atoms with Gasteiger partial charge in [0.2, 0.25) is 0 Å². The van der Waals surface area contributed by atoms with Crippen molar-refractivity contribution in [2.24, 2.45) is 0 Å². The fourth-order valence-electron chi connectivity index (χ4n) is 2.32. The zero-order valence-electron chi connectivity index (χ0n) is 11.2. The molecule has 0 aromatic heterocycles. The fraction of sp³-hybridized carbons (Fsp3) is 1.00. The van der Waals surface area contributed by atoms with Gasteiger partial charge in [-0.25, -0.2) is 0 Å². The van der Waals surface area contributed by atoms with Crippen LogP contribution in [0.5, 0.6) is 0 Å². The third kappa shape index (κ3) is 3.83. The number of nitrogens with one attached hydrogen (secondary N) is 1. The summed E-state index contributed by atoms with van der Waals surface area (Å²) in [5.41, 5.74) is 0. The van der Waals surface area contributed by atoms with E-state index < -0.39 is 0 Å². The van der Waals surface area contributed by atoms with Crippen molar-refractivity contribution < 1.29 is 14.6 Å². The maximum atomic E-state index is 9.24. The summed E-state index contributed by atoms with van der Waals surface area (Å²) in [4.78, 5) is 0. The van der Waals surface area contributed by atoms with E-state index in [2.05, 4.69) is 12.2 Å². The molecule has 0 spiro atoms. The van der Waals surface area contributed by atoms with Gasteiger partial charge < -0.3 is 19.9 Å². The second kappa shape index (κ2) is 7.59. The zero-order chi connectivity index (χ0) is 12.8. The maximum Gasteiger partial charge on any atom is 0.0986 e. The number of rotatable bonds is 8. The number of hydrogen-bond donors (Lipinski definition) is 2. The Kier molecular flexibility index (Phi) is 6.80. The SMILES string of the molecule is CCOC1CC(NC(C)C(CO)SC)C1OC. The predicted octanol–water partition coefficient (Wildman–Crippen LogP) is 0.881. The lowest BCUT2D eigenvalue weighted by Gasteiger charge is -2.45. The van der Waals surface area contributed by atoms with Gasteiger partial charge in [0.1, 0.15) is 0 Å². The molecule has 1 saturated carbocycles. The molecule has 102 valence electrons. The first kappa shape index (κ1) is 15.2. The smallest absolute Gasteiger partial charge is 0.0986 e. The summed E-state index contributed by atoms with van der Waals surface area (Å²) in [5.74, 6) is 0. The minimum Gasteiger partial charge on any atom is -0.395 e. The van der Waals surface area contributed by atoms with Crippen molar-refractivity contribution >= 4 is 11.8 Å². The van der Waals surface area contributed by atoms with Gasteiger partial charge in [-0.15, -0.1) is 0 Å². The molecule has 0 saturated heterocycles. The van der Waals surface area contributed by atoms with E-state index in [0.29, 0.717) is 6.04 Å². The lowest BCUT2D eigenvalue weighted by atomic mass is 9.84. The van der Waals surface area contributed by atoms with Gasteiger partial charge in [-0.2, -0.15) is 11.8 Å². The lowest BCUT2D eigenvalue weighted by molar-refractivity contribution is -0.132. The molecule has 0 heterocycles. The third-order valence-electron chi connectivity index (χ3n) is 3.42. The highest BCUT2D eigenvalue weighted by atomic mass is 32.2. The van der Waals surface area contributed by atoms with Gasteiger partial charge in [-0.05, 0) is 26.5 Å². The summed E-state index contributed by atoms with van der Waals surface area (Å²) in [5, 5.41) is 13.0. The van der Waals surface area contributed by atoms with Crippen LogP contribution >= 0.6 is 11.8 Å². The number of methoxy groups -OCH3 is 1. The highest BCUT2D eigenvalue weighted by Crippen LogP contribution is 2.28. The number of aliphatic hydroxyl groups excluding tert-OH is 1. The average Bonchev–Trinajstić information content (AvgIpc) is 2.29. The molecular formula is C12H25NO3S. The molecular weight excluding hydrogens is 238 g/mol. The molecule has 1 aliphatic rings. The van der Waals surface area contributed by atoms with Crippen LogP contribution in [0, 0.1) is 0 Å². The zero-order valence-corrected chi connectivity index (χ0v) is 12.0. The third-order valence-corrected chi connectivity index (χ3v) is 4.58. The number of ether oxygens (including phenoxy) is 2. The van der Waals surface area contributed by atoms with Gasteiger partial charge in [0.15, 0.2) is 0 Å². The average molecular weight is 263 g/mol. The Morgan fingerprint density at radius 3 is 2.71 bits per heavy atom. The van der Waals surface area contributed by atoms with E-state index in [-0.39, 0.29) is 30.1 Å². The first-order valence-corrected chi connectivity index (χ1v) is 7.50. The monoisotopic (exact) mass is 263 g/mol. The van der Waals surface area contributed by atoms with Gasteiger partial charge in [0.05, 0.1) is 18.8 Å². The number of aliphatic hydroxyl groups is 1. The van der Waals surface area contributed by atoms with E-state index in [1.807, 2.05) is 13.2 Å². The topological polar surface area (TPSA) is 50.7 Å². The van der Waals surface area contributed by atoms with Gasteiger partial charge in [0.25, 0.3) is 0 Å². The minimum absolute atomic E-state index is 0.138. The molecule has 17 heavy (non-hydrogen) atoms. The van der Waals surface area contributed by atoms with Crippen molar-refractivity contribution in [2.75, 3.05) is 26.6 Å². The molecule has 0 bridgehead atoms. The van der Waals surface area contributed by atoms with Crippen LogP contribution < -0.4 is 5.32 Å². The molecule has 0 aromatic rings. The van der Waals surface area contributed by atoms with Crippen LogP contribution in [-0.2, 0) is 9.47 Å². The predicted molar refractivity (Wildman–Crippen MR) is 71.6 cm³/mol. The van der Waals surface area contributed by atoms with Crippen LogP contribution in [0.4, 0.5) is 0 Å². The summed E-state index contributed by atoms with van der Waals surface area (Å²) in [6.45, 7) is 5.05. The summed E-state index contributed by atoms with van der Waals surface area (Å²) in [7, 11) is 1.73. The van der Waals surface area contributed by atoms with E-state index >= 15 is 0 Å². The maximum absolute atomic E-state index is 9.24. The molecule has 2 N–H and O–H groups in total. The molecule has 5 unspecified atom stereocenters. The highest BCUT2D eigenvalue weighted by molar-refractivity contribution is 7.99. The fourth-order valence-corrected chi connectivity index (χ4v) is 2.96. The van der Waals surface area contributed by atoms with Crippen molar-refractivity contribution in [1.82, 2.24) is 5.32 Å². The largest absolute Gasteiger partial charge is 0.395 e. The normalized spacial score (nSPS) is 31.9. The molecule has 5 heteroatoms.